The molecule has 0 radical (unpaired) electrons. The zero-order valence-corrected chi connectivity index (χ0v) is 22.7. The SMILES string of the molecule is CC[C@H](C)[C@H](CO)N1C(=O)[C@@H]2[C@@H]3C(=O)OCCC/C=C\[C@@H]3S[C@@]23C=CCN(c2ccc(Cl)cc2)C(=O)C13. The van der Waals surface area contributed by atoms with Gasteiger partial charge >= 0.3 is 5.97 Å². The molecule has 4 aliphatic rings. The number of esters is 1. The van der Waals surface area contributed by atoms with E-state index in [1.165, 1.54) is 11.8 Å². The van der Waals surface area contributed by atoms with Gasteiger partial charge in [0.2, 0.25) is 5.91 Å². The second kappa shape index (κ2) is 10.5. The lowest BCUT2D eigenvalue weighted by molar-refractivity contribution is -0.153. The van der Waals surface area contributed by atoms with Crippen LogP contribution in [0.5, 0.6) is 0 Å². The van der Waals surface area contributed by atoms with E-state index in [1.54, 1.807) is 34.1 Å². The largest absolute Gasteiger partial charge is 0.465 e. The van der Waals surface area contributed by atoms with Crippen LogP contribution in [0.3, 0.4) is 0 Å². The van der Waals surface area contributed by atoms with Crippen LogP contribution in [0, 0.1) is 17.8 Å². The molecule has 2 saturated heterocycles. The first-order chi connectivity index (χ1) is 17.8. The zero-order valence-electron chi connectivity index (χ0n) is 21.1. The summed E-state index contributed by atoms with van der Waals surface area (Å²) in [5.74, 6) is -2.36. The van der Waals surface area contributed by atoms with Gasteiger partial charge in [0.25, 0.3) is 5.91 Å². The maximum Gasteiger partial charge on any atom is 0.311 e. The number of amides is 2. The van der Waals surface area contributed by atoms with Crippen LogP contribution in [0.2, 0.25) is 5.02 Å². The quantitative estimate of drug-likeness (QED) is 0.448. The second-order valence-corrected chi connectivity index (χ2v) is 12.2. The van der Waals surface area contributed by atoms with Crippen molar-refractivity contribution < 1.29 is 24.2 Å². The number of likely N-dealkylation sites (tertiary alicyclic amines) is 1. The number of fused-ring (bicyclic) bond motifs is 2. The molecule has 0 aliphatic carbocycles. The lowest BCUT2D eigenvalue weighted by Gasteiger charge is -2.40. The molecule has 7 atom stereocenters. The third-order valence-corrected chi connectivity index (χ3v) is 10.3. The van der Waals surface area contributed by atoms with Crippen LogP contribution in [-0.4, -0.2) is 69.6 Å². The Balaban J connectivity index is 1.65. The monoisotopic (exact) mass is 544 g/mol. The second-order valence-electron chi connectivity index (χ2n) is 10.3. The number of thioether (sulfide) groups is 1. The van der Waals surface area contributed by atoms with Gasteiger partial charge in [-0.15, -0.1) is 11.8 Å². The average Bonchev–Trinajstić information content (AvgIpc) is 3.30. The fourth-order valence-electron chi connectivity index (χ4n) is 6.22. The molecule has 9 heteroatoms. The fraction of sp³-hybridized carbons (Fsp3) is 0.536. The van der Waals surface area contributed by atoms with Crippen molar-refractivity contribution in [2.24, 2.45) is 17.8 Å². The number of halogens is 1. The Bertz CT molecular complexity index is 1120. The van der Waals surface area contributed by atoms with E-state index >= 15 is 0 Å². The van der Waals surface area contributed by atoms with Gasteiger partial charge in [0.15, 0.2) is 0 Å². The van der Waals surface area contributed by atoms with Crippen molar-refractivity contribution in [2.45, 2.75) is 55.2 Å². The van der Waals surface area contributed by atoms with E-state index in [0.717, 1.165) is 19.3 Å². The first kappa shape index (κ1) is 26.3. The van der Waals surface area contributed by atoms with Gasteiger partial charge in [0.1, 0.15) is 6.04 Å². The summed E-state index contributed by atoms with van der Waals surface area (Å²) in [5, 5.41) is 10.8. The number of aliphatic hydroxyl groups is 1. The molecule has 4 aliphatic heterocycles. The molecule has 0 bridgehead atoms. The summed E-state index contributed by atoms with van der Waals surface area (Å²) in [6, 6.07) is 5.65. The first-order valence-corrected chi connectivity index (χ1v) is 14.3. The Kier molecular flexibility index (Phi) is 7.44. The highest BCUT2D eigenvalue weighted by molar-refractivity contribution is 8.02. The van der Waals surface area contributed by atoms with Crippen molar-refractivity contribution in [1.82, 2.24) is 4.90 Å². The molecule has 1 unspecified atom stereocenters. The molecule has 2 amide bonds. The number of anilines is 1. The number of benzene rings is 1. The lowest BCUT2D eigenvalue weighted by atomic mass is 9.78. The molecule has 1 aromatic rings. The number of carbonyl (C=O) groups excluding carboxylic acids is 3. The molecule has 1 spiro atoms. The van der Waals surface area contributed by atoms with Gasteiger partial charge in [0, 0.05) is 22.5 Å². The van der Waals surface area contributed by atoms with E-state index < -0.39 is 28.7 Å². The molecule has 1 N–H and O–H groups in total. The van der Waals surface area contributed by atoms with E-state index in [0.29, 0.717) is 23.9 Å². The fourth-order valence-corrected chi connectivity index (χ4v) is 8.33. The molecule has 37 heavy (non-hydrogen) atoms. The lowest BCUT2D eigenvalue weighted by Crippen LogP contribution is -2.58. The molecule has 1 aromatic carbocycles. The number of allylic oxidation sites excluding steroid dienone is 1. The van der Waals surface area contributed by atoms with Crippen LogP contribution >= 0.6 is 23.4 Å². The summed E-state index contributed by atoms with van der Waals surface area (Å²) < 4.78 is 4.67. The van der Waals surface area contributed by atoms with Crippen molar-refractivity contribution >= 4 is 46.8 Å². The first-order valence-electron chi connectivity index (χ1n) is 13.0. The van der Waals surface area contributed by atoms with Gasteiger partial charge in [-0.25, -0.2) is 0 Å². The molecule has 7 nitrogen and oxygen atoms in total. The molecular weight excluding hydrogens is 512 g/mol. The van der Waals surface area contributed by atoms with Crippen LogP contribution in [0.1, 0.15) is 33.1 Å². The normalized spacial score (nSPS) is 33.9. The molecule has 0 aromatic heterocycles. The number of carbonyl (C=O) groups is 3. The molecule has 0 saturated carbocycles. The van der Waals surface area contributed by atoms with Crippen LogP contribution in [-0.2, 0) is 19.1 Å². The van der Waals surface area contributed by atoms with Gasteiger partial charge in [-0.2, -0.15) is 0 Å². The van der Waals surface area contributed by atoms with Gasteiger partial charge in [-0.1, -0.05) is 56.2 Å². The maximum atomic E-state index is 14.4. The zero-order chi connectivity index (χ0) is 26.3. The van der Waals surface area contributed by atoms with Gasteiger partial charge in [0.05, 0.1) is 35.8 Å². The Hall–Kier alpha value is -2.29. The van der Waals surface area contributed by atoms with E-state index in [-0.39, 0.29) is 35.6 Å². The van der Waals surface area contributed by atoms with Crippen LogP contribution in [0.15, 0.2) is 48.6 Å². The Labute approximate surface area is 226 Å². The van der Waals surface area contributed by atoms with Crippen molar-refractivity contribution in [3.8, 4) is 0 Å². The highest BCUT2D eigenvalue weighted by Crippen LogP contribution is 2.61. The third-order valence-electron chi connectivity index (χ3n) is 8.27. The van der Waals surface area contributed by atoms with E-state index in [1.807, 2.05) is 32.1 Å². The molecular formula is C28H33ClN2O5S. The van der Waals surface area contributed by atoms with Crippen molar-refractivity contribution in [2.75, 3.05) is 24.7 Å². The van der Waals surface area contributed by atoms with Gasteiger partial charge in [-0.3, -0.25) is 14.4 Å². The predicted molar refractivity (Wildman–Crippen MR) is 144 cm³/mol. The van der Waals surface area contributed by atoms with Crippen molar-refractivity contribution in [1.29, 1.82) is 0 Å². The predicted octanol–water partition coefficient (Wildman–Crippen LogP) is 3.84. The van der Waals surface area contributed by atoms with Crippen molar-refractivity contribution in [3.05, 3.63) is 53.6 Å². The molecule has 4 heterocycles. The molecule has 198 valence electrons. The summed E-state index contributed by atoms with van der Waals surface area (Å²) >= 11 is 7.62. The Morgan fingerprint density at radius 2 is 1.95 bits per heavy atom. The number of ether oxygens (including phenoxy) is 1. The highest BCUT2D eigenvalue weighted by Gasteiger charge is 2.72. The summed E-state index contributed by atoms with van der Waals surface area (Å²) in [6.45, 7) is 4.36. The minimum absolute atomic E-state index is 0.0398. The number of hydrogen-bond acceptors (Lipinski definition) is 6. The average molecular weight is 545 g/mol. The number of hydrogen-bond donors (Lipinski definition) is 1. The van der Waals surface area contributed by atoms with E-state index in [4.69, 9.17) is 16.3 Å². The number of aliphatic hydroxyl groups excluding tert-OH is 1. The summed E-state index contributed by atoms with van der Waals surface area (Å²) in [5.41, 5.74) is 0.681. The van der Waals surface area contributed by atoms with E-state index in [9.17, 15) is 19.5 Å². The topological polar surface area (TPSA) is 87.2 Å². The standard InChI is InChI=1S/C28H33ClN2O5S/c1-3-17(2)20(16-32)31-24-26(34)30(19-11-9-18(29)10-12-19)14-7-13-28(24)23(25(31)33)22-21(37-28)8-5-4-6-15-36-27(22)35/h5,7-13,17,20-24,32H,3-4,6,14-16H2,1-2H3/b8-5-/t17-,20-,21-,22+,23-,24?,28-/m0/s1. The minimum atomic E-state index is -0.950. The summed E-state index contributed by atoms with van der Waals surface area (Å²) in [4.78, 5) is 45.4. The number of nitrogens with zero attached hydrogens (tertiary/aromatic N) is 2. The number of cyclic esters (lactones) is 1. The highest BCUT2D eigenvalue weighted by atomic mass is 35.5. The van der Waals surface area contributed by atoms with Gasteiger partial charge in [-0.05, 0) is 43.0 Å². The number of rotatable bonds is 5. The van der Waals surface area contributed by atoms with E-state index in [2.05, 4.69) is 6.08 Å². The Morgan fingerprint density at radius 3 is 2.65 bits per heavy atom. The minimum Gasteiger partial charge on any atom is -0.465 e. The summed E-state index contributed by atoms with van der Waals surface area (Å²) in [6.07, 6.45) is 10.2. The van der Waals surface area contributed by atoms with Crippen LogP contribution in [0.4, 0.5) is 5.69 Å². The Morgan fingerprint density at radius 1 is 1.19 bits per heavy atom. The van der Waals surface area contributed by atoms with Crippen LogP contribution < -0.4 is 4.90 Å². The van der Waals surface area contributed by atoms with Crippen molar-refractivity contribution in [3.63, 3.8) is 0 Å². The van der Waals surface area contributed by atoms with Gasteiger partial charge < -0.3 is 19.6 Å². The molecule has 5 rings (SSSR count). The molecule has 2 fully saturated rings. The third kappa shape index (κ3) is 4.31. The van der Waals surface area contributed by atoms with Crippen LogP contribution in [0.25, 0.3) is 0 Å². The summed E-state index contributed by atoms with van der Waals surface area (Å²) in [7, 11) is 0. The maximum absolute atomic E-state index is 14.4. The smallest absolute Gasteiger partial charge is 0.311 e.